The SMILES string of the molecule is CO[C@@H](C)CC(=O)[C@@H](C)O. The molecule has 0 unspecified atom stereocenters. The number of rotatable bonds is 4. The minimum Gasteiger partial charge on any atom is -0.386 e. The minimum atomic E-state index is -0.863. The van der Waals surface area contributed by atoms with Gasteiger partial charge in [0.2, 0.25) is 0 Å². The Bertz CT molecular complexity index is 109. The highest BCUT2D eigenvalue weighted by Crippen LogP contribution is 1.98. The van der Waals surface area contributed by atoms with Gasteiger partial charge in [-0.3, -0.25) is 4.79 Å². The molecule has 0 aliphatic rings. The molecule has 0 radical (unpaired) electrons. The van der Waals surface area contributed by atoms with Crippen molar-refractivity contribution in [2.75, 3.05) is 7.11 Å². The molecule has 0 aromatic carbocycles. The number of Topliss-reactive ketones (excluding diaryl/α,β-unsaturated/α-hetero) is 1. The van der Waals surface area contributed by atoms with Gasteiger partial charge in [0, 0.05) is 13.5 Å². The summed E-state index contributed by atoms with van der Waals surface area (Å²) in [6.45, 7) is 3.25. The summed E-state index contributed by atoms with van der Waals surface area (Å²) in [5, 5.41) is 8.76. The summed E-state index contributed by atoms with van der Waals surface area (Å²) in [6.07, 6.45) is -0.673. The molecule has 0 saturated carbocycles. The quantitative estimate of drug-likeness (QED) is 0.623. The third-order valence-electron chi connectivity index (χ3n) is 1.36. The number of ketones is 1. The van der Waals surface area contributed by atoms with E-state index in [9.17, 15) is 4.79 Å². The Labute approximate surface area is 61.0 Å². The number of aliphatic hydroxyl groups is 1. The highest BCUT2D eigenvalue weighted by atomic mass is 16.5. The van der Waals surface area contributed by atoms with Crippen molar-refractivity contribution < 1.29 is 14.6 Å². The van der Waals surface area contributed by atoms with Crippen molar-refractivity contribution in [2.24, 2.45) is 0 Å². The largest absolute Gasteiger partial charge is 0.386 e. The van der Waals surface area contributed by atoms with Crippen molar-refractivity contribution in [1.29, 1.82) is 0 Å². The summed E-state index contributed by atoms with van der Waals surface area (Å²) in [4.78, 5) is 10.8. The van der Waals surface area contributed by atoms with Crippen LogP contribution >= 0.6 is 0 Å². The van der Waals surface area contributed by atoms with Crippen LogP contribution in [-0.4, -0.2) is 30.2 Å². The molecule has 0 rings (SSSR count). The molecule has 0 aromatic heterocycles. The van der Waals surface area contributed by atoms with Crippen LogP contribution in [0.5, 0.6) is 0 Å². The lowest BCUT2D eigenvalue weighted by atomic mass is 10.1. The molecule has 0 saturated heterocycles. The van der Waals surface area contributed by atoms with E-state index < -0.39 is 6.10 Å². The maximum atomic E-state index is 10.8. The molecule has 0 bridgehead atoms. The first-order chi connectivity index (χ1) is 4.57. The van der Waals surface area contributed by atoms with Crippen molar-refractivity contribution in [3.8, 4) is 0 Å². The fourth-order valence-corrected chi connectivity index (χ4v) is 0.537. The van der Waals surface area contributed by atoms with Crippen LogP contribution in [0.1, 0.15) is 20.3 Å². The molecular weight excluding hydrogens is 132 g/mol. The molecule has 0 spiro atoms. The smallest absolute Gasteiger partial charge is 0.163 e. The first-order valence-electron chi connectivity index (χ1n) is 3.31. The lowest BCUT2D eigenvalue weighted by Crippen LogP contribution is -2.21. The summed E-state index contributed by atoms with van der Waals surface area (Å²) >= 11 is 0. The Hall–Kier alpha value is -0.410. The van der Waals surface area contributed by atoms with Crippen LogP contribution < -0.4 is 0 Å². The molecule has 2 atom stereocenters. The summed E-state index contributed by atoms with van der Waals surface area (Å²) < 4.78 is 4.84. The number of aliphatic hydroxyl groups excluding tert-OH is 1. The second-order valence-corrected chi connectivity index (χ2v) is 2.39. The van der Waals surface area contributed by atoms with E-state index in [2.05, 4.69) is 0 Å². The summed E-state index contributed by atoms with van der Waals surface area (Å²) in [5.41, 5.74) is 0. The van der Waals surface area contributed by atoms with Gasteiger partial charge in [0.1, 0.15) is 6.10 Å². The predicted molar refractivity (Wildman–Crippen MR) is 37.8 cm³/mol. The van der Waals surface area contributed by atoms with Gasteiger partial charge in [-0.2, -0.15) is 0 Å². The van der Waals surface area contributed by atoms with Crippen molar-refractivity contribution in [3.05, 3.63) is 0 Å². The van der Waals surface area contributed by atoms with Gasteiger partial charge in [0.05, 0.1) is 6.10 Å². The van der Waals surface area contributed by atoms with Crippen LogP contribution in [0.15, 0.2) is 0 Å². The van der Waals surface area contributed by atoms with Crippen LogP contribution in [0.2, 0.25) is 0 Å². The Morgan fingerprint density at radius 3 is 2.40 bits per heavy atom. The minimum absolute atomic E-state index is 0.0953. The molecule has 0 heterocycles. The molecule has 3 heteroatoms. The third-order valence-corrected chi connectivity index (χ3v) is 1.36. The van der Waals surface area contributed by atoms with E-state index in [1.165, 1.54) is 6.92 Å². The molecule has 0 aliphatic heterocycles. The zero-order chi connectivity index (χ0) is 8.15. The molecule has 10 heavy (non-hydrogen) atoms. The van der Waals surface area contributed by atoms with Crippen molar-refractivity contribution >= 4 is 5.78 Å². The Kier molecular flexibility index (Phi) is 4.23. The molecule has 0 amide bonds. The predicted octanol–water partition coefficient (Wildman–Crippen LogP) is 0.361. The van der Waals surface area contributed by atoms with Gasteiger partial charge in [-0.25, -0.2) is 0 Å². The van der Waals surface area contributed by atoms with Gasteiger partial charge in [0.25, 0.3) is 0 Å². The zero-order valence-corrected chi connectivity index (χ0v) is 6.63. The Morgan fingerprint density at radius 1 is 1.60 bits per heavy atom. The lowest BCUT2D eigenvalue weighted by molar-refractivity contribution is -0.128. The van der Waals surface area contributed by atoms with E-state index in [0.717, 1.165) is 0 Å². The van der Waals surface area contributed by atoms with Crippen LogP contribution in [0.3, 0.4) is 0 Å². The van der Waals surface area contributed by atoms with Crippen LogP contribution in [0, 0.1) is 0 Å². The summed E-state index contributed by atoms with van der Waals surface area (Å²) in [6, 6.07) is 0. The second-order valence-electron chi connectivity index (χ2n) is 2.39. The number of methoxy groups -OCH3 is 1. The fraction of sp³-hybridized carbons (Fsp3) is 0.857. The van der Waals surface area contributed by atoms with E-state index in [1.807, 2.05) is 0 Å². The third kappa shape index (κ3) is 3.58. The number of ether oxygens (including phenoxy) is 1. The number of hydrogen-bond acceptors (Lipinski definition) is 3. The summed E-state index contributed by atoms with van der Waals surface area (Å²) in [7, 11) is 1.54. The first-order valence-corrected chi connectivity index (χ1v) is 3.31. The van der Waals surface area contributed by atoms with E-state index in [0.29, 0.717) is 0 Å². The lowest BCUT2D eigenvalue weighted by Gasteiger charge is -2.08. The number of carbonyl (C=O) groups is 1. The molecular formula is C7H14O3. The van der Waals surface area contributed by atoms with Gasteiger partial charge in [-0.15, -0.1) is 0 Å². The molecule has 60 valence electrons. The normalized spacial score (nSPS) is 16.4. The summed E-state index contributed by atoms with van der Waals surface area (Å²) in [5.74, 6) is -0.172. The first kappa shape index (κ1) is 9.59. The maximum Gasteiger partial charge on any atom is 0.163 e. The van der Waals surface area contributed by atoms with Crippen molar-refractivity contribution in [3.63, 3.8) is 0 Å². The molecule has 0 aromatic rings. The van der Waals surface area contributed by atoms with E-state index in [1.54, 1.807) is 14.0 Å². The monoisotopic (exact) mass is 146 g/mol. The Morgan fingerprint density at radius 2 is 2.10 bits per heavy atom. The van der Waals surface area contributed by atoms with Crippen LogP contribution in [0.25, 0.3) is 0 Å². The fourth-order valence-electron chi connectivity index (χ4n) is 0.537. The van der Waals surface area contributed by atoms with Crippen molar-refractivity contribution in [1.82, 2.24) is 0 Å². The number of carbonyl (C=O) groups excluding carboxylic acids is 1. The molecule has 3 nitrogen and oxygen atoms in total. The van der Waals surface area contributed by atoms with E-state index in [-0.39, 0.29) is 18.3 Å². The van der Waals surface area contributed by atoms with Gasteiger partial charge < -0.3 is 9.84 Å². The van der Waals surface area contributed by atoms with Gasteiger partial charge in [0.15, 0.2) is 5.78 Å². The average molecular weight is 146 g/mol. The van der Waals surface area contributed by atoms with Crippen LogP contribution in [-0.2, 0) is 9.53 Å². The molecule has 0 aliphatic carbocycles. The van der Waals surface area contributed by atoms with Crippen molar-refractivity contribution in [2.45, 2.75) is 32.5 Å². The highest BCUT2D eigenvalue weighted by molar-refractivity contribution is 5.82. The van der Waals surface area contributed by atoms with Gasteiger partial charge in [-0.1, -0.05) is 0 Å². The van der Waals surface area contributed by atoms with E-state index in [4.69, 9.17) is 9.84 Å². The average Bonchev–Trinajstić information content (AvgIpc) is 1.87. The standard InChI is InChI=1S/C7H14O3/c1-5(10-3)4-7(9)6(2)8/h5-6,8H,4H2,1-3H3/t5-,6+/m0/s1. The molecule has 1 N–H and O–H groups in total. The van der Waals surface area contributed by atoms with Gasteiger partial charge >= 0.3 is 0 Å². The second kappa shape index (κ2) is 4.41. The Balaban J connectivity index is 3.57. The highest BCUT2D eigenvalue weighted by Gasteiger charge is 2.12. The van der Waals surface area contributed by atoms with E-state index >= 15 is 0 Å². The maximum absolute atomic E-state index is 10.8. The molecule has 0 fully saturated rings. The van der Waals surface area contributed by atoms with Gasteiger partial charge in [-0.05, 0) is 13.8 Å². The number of hydrogen-bond donors (Lipinski definition) is 1. The zero-order valence-electron chi connectivity index (χ0n) is 6.63. The van der Waals surface area contributed by atoms with Crippen LogP contribution in [0.4, 0.5) is 0 Å². The topological polar surface area (TPSA) is 46.5 Å².